The number of amides is 3. The Balaban J connectivity index is 3.37. The van der Waals surface area contributed by atoms with Gasteiger partial charge in [0.15, 0.2) is 0 Å². The number of nitrogens with zero attached hydrogens (tertiary/aromatic N) is 2. The molecule has 0 aliphatic carbocycles. The third-order valence-corrected chi connectivity index (χ3v) is 4.40. The van der Waals surface area contributed by atoms with Gasteiger partial charge in [-0.15, -0.1) is 0 Å². The van der Waals surface area contributed by atoms with Crippen LogP contribution in [0.2, 0.25) is 0 Å². The third kappa shape index (κ3) is 11.3. The number of carbonyl (C=O) groups excluding carboxylic acids is 4. The summed E-state index contributed by atoms with van der Waals surface area (Å²) in [5.74, 6) is -1.31. The van der Waals surface area contributed by atoms with Crippen molar-refractivity contribution < 1.29 is 38.1 Å². The van der Waals surface area contributed by atoms with Crippen LogP contribution >= 0.6 is 0 Å². The van der Waals surface area contributed by atoms with Gasteiger partial charge >= 0.3 is 24.2 Å². The fraction of sp³-hybridized carbons (Fsp3) is 0.800. The molecule has 1 saturated heterocycles. The first-order chi connectivity index (χ1) is 16.4. The Kier molecular flexibility index (Phi) is 9.63. The maximum atomic E-state index is 13.2. The van der Waals surface area contributed by atoms with E-state index < -0.39 is 64.7 Å². The summed E-state index contributed by atoms with van der Waals surface area (Å²) in [6.45, 7) is 19.9. The van der Waals surface area contributed by atoms with Crippen LogP contribution in [0.5, 0.6) is 0 Å². The first-order valence-corrected chi connectivity index (χ1v) is 12.2. The van der Waals surface area contributed by atoms with E-state index in [-0.39, 0.29) is 13.0 Å². The van der Waals surface area contributed by atoms with Crippen LogP contribution in [0.4, 0.5) is 14.4 Å². The second-order valence-electron chi connectivity index (χ2n) is 12.9. The van der Waals surface area contributed by atoms with Crippen molar-refractivity contribution in [3.8, 4) is 0 Å². The Morgan fingerprint density at radius 2 is 1.22 bits per heavy atom. The van der Waals surface area contributed by atoms with Crippen LogP contribution in [0.1, 0.15) is 89.5 Å². The maximum absolute atomic E-state index is 13.2. The van der Waals surface area contributed by atoms with Gasteiger partial charge in [0.25, 0.3) is 0 Å². The fourth-order valence-corrected chi connectivity index (χ4v) is 3.31. The lowest BCUT2D eigenvalue weighted by Crippen LogP contribution is -2.54. The number of ether oxygens (including phenoxy) is 4. The maximum Gasteiger partial charge on any atom is 0.417 e. The minimum absolute atomic E-state index is 0.0776. The number of likely N-dealkylation sites (tertiary alicyclic amines) is 1. The summed E-state index contributed by atoms with van der Waals surface area (Å²) < 4.78 is 21.7. The smallest absolute Gasteiger partial charge is 0.417 e. The van der Waals surface area contributed by atoms with Gasteiger partial charge in [-0.05, 0) is 83.1 Å². The van der Waals surface area contributed by atoms with Gasteiger partial charge in [0.1, 0.15) is 28.4 Å². The zero-order valence-corrected chi connectivity index (χ0v) is 24.2. The molecule has 0 saturated carbocycles. The van der Waals surface area contributed by atoms with Crippen molar-refractivity contribution in [2.75, 3.05) is 6.54 Å². The van der Waals surface area contributed by atoms with E-state index in [1.807, 2.05) is 0 Å². The molecule has 1 rings (SSSR count). The Hall–Kier alpha value is -3.05. The number of alkyl carbamates (subject to hydrolysis) is 1. The van der Waals surface area contributed by atoms with Crippen LogP contribution in [-0.4, -0.2) is 81.0 Å². The second kappa shape index (κ2) is 11.1. The predicted molar refractivity (Wildman–Crippen MR) is 136 cm³/mol. The third-order valence-electron chi connectivity index (χ3n) is 4.40. The minimum Gasteiger partial charge on any atom is -0.458 e. The van der Waals surface area contributed by atoms with Crippen molar-refractivity contribution in [2.24, 2.45) is 0 Å². The van der Waals surface area contributed by atoms with Gasteiger partial charge < -0.3 is 18.9 Å². The van der Waals surface area contributed by atoms with Gasteiger partial charge in [0.05, 0.1) is 6.04 Å². The van der Waals surface area contributed by atoms with Gasteiger partial charge in [0, 0.05) is 13.0 Å². The molecule has 0 unspecified atom stereocenters. The molecule has 2 N–H and O–H groups in total. The number of nitrogens with one attached hydrogen (secondary N) is 2. The van der Waals surface area contributed by atoms with E-state index in [0.717, 1.165) is 4.90 Å². The van der Waals surface area contributed by atoms with Gasteiger partial charge in [0.2, 0.25) is 5.96 Å². The van der Waals surface area contributed by atoms with Crippen LogP contribution in [-0.2, 0) is 23.7 Å². The summed E-state index contributed by atoms with van der Waals surface area (Å²) in [6, 6.07) is -2.01. The van der Waals surface area contributed by atoms with E-state index in [1.54, 1.807) is 83.1 Å². The number of hydrogen-bond donors (Lipinski definition) is 2. The number of carbonyl (C=O) groups is 4. The lowest BCUT2D eigenvalue weighted by atomic mass is 10.1. The van der Waals surface area contributed by atoms with E-state index in [4.69, 9.17) is 24.4 Å². The topological polar surface area (TPSA) is 148 Å². The highest BCUT2D eigenvalue weighted by molar-refractivity contribution is 6.00. The lowest BCUT2D eigenvalue weighted by Gasteiger charge is -2.32. The summed E-state index contributed by atoms with van der Waals surface area (Å²) >= 11 is 0. The largest absolute Gasteiger partial charge is 0.458 e. The van der Waals surface area contributed by atoms with Crippen molar-refractivity contribution >= 4 is 30.2 Å². The van der Waals surface area contributed by atoms with Crippen molar-refractivity contribution in [1.29, 1.82) is 5.41 Å². The average Bonchev–Trinajstić information content (AvgIpc) is 3.00. The van der Waals surface area contributed by atoms with Gasteiger partial charge in [-0.3, -0.25) is 15.6 Å². The molecule has 37 heavy (non-hydrogen) atoms. The average molecular weight is 529 g/mol. The molecule has 0 aromatic heterocycles. The molecule has 1 fully saturated rings. The van der Waals surface area contributed by atoms with Crippen molar-refractivity contribution in [2.45, 2.75) is 124 Å². The second-order valence-corrected chi connectivity index (χ2v) is 12.9. The molecule has 1 heterocycles. The highest BCUT2D eigenvalue weighted by Gasteiger charge is 2.48. The molecular weight excluding hydrogens is 484 g/mol. The van der Waals surface area contributed by atoms with Gasteiger partial charge in [-0.1, -0.05) is 0 Å². The highest BCUT2D eigenvalue weighted by Crippen LogP contribution is 2.28. The molecule has 12 heteroatoms. The molecule has 12 nitrogen and oxygen atoms in total. The Morgan fingerprint density at radius 1 is 0.757 bits per heavy atom. The molecule has 1 aliphatic rings. The molecule has 1 aliphatic heterocycles. The predicted octanol–water partition coefficient (Wildman–Crippen LogP) is 4.40. The normalized spacial score (nSPS) is 18.5. The quantitative estimate of drug-likeness (QED) is 0.232. The molecule has 0 spiro atoms. The molecule has 0 aromatic carbocycles. The molecule has 2 atom stereocenters. The summed E-state index contributed by atoms with van der Waals surface area (Å²) in [5.41, 5.74) is -3.44. The lowest BCUT2D eigenvalue weighted by molar-refractivity contribution is -0.160. The van der Waals surface area contributed by atoms with E-state index >= 15 is 0 Å². The van der Waals surface area contributed by atoms with Gasteiger partial charge in [-0.2, -0.15) is 0 Å². The molecule has 3 amide bonds. The summed E-state index contributed by atoms with van der Waals surface area (Å²) in [5, 5.41) is 10.7. The van der Waals surface area contributed by atoms with Crippen LogP contribution in [0.25, 0.3) is 0 Å². The highest BCUT2D eigenvalue weighted by atomic mass is 16.6. The summed E-state index contributed by atoms with van der Waals surface area (Å²) in [4.78, 5) is 53.7. The van der Waals surface area contributed by atoms with Crippen molar-refractivity contribution in [3.05, 3.63) is 0 Å². The SMILES string of the molecule is CC(C)(C)OC(=O)NC(=N)N(C(=O)OC(C)(C)C)[C@@H]1C[C@@H](C(=O)OC(C)(C)C)N(C(=O)OC(C)(C)C)C1. The molecule has 212 valence electrons. The van der Waals surface area contributed by atoms with Crippen LogP contribution in [0.3, 0.4) is 0 Å². The van der Waals surface area contributed by atoms with Crippen LogP contribution < -0.4 is 5.32 Å². The molecule has 0 aromatic rings. The standard InChI is InChI=1S/C25H44N4O8/c1-22(2,3)34-17(30)16-13-15(14-28(16)20(32)36-24(7,8)9)29(21(33)37-25(10,11)12)18(26)27-19(31)35-23(4,5)6/h15-16H,13-14H2,1-12H3,(H2,26,27,31)/t15-,16+/m1/s1. The molecule has 0 radical (unpaired) electrons. The van der Waals surface area contributed by atoms with Crippen LogP contribution in [0, 0.1) is 5.41 Å². The van der Waals surface area contributed by atoms with E-state index in [9.17, 15) is 19.2 Å². The fourth-order valence-electron chi connectivity index (χ4n) is 3.31. The number of esters is 1. The van der Waals surface area contributed by atoms with E-state index in [1.165, 1.54) is 4.90 Å². The summed E-state index contributed by atoms with van der Waals surface area (Å²) in [7, 11) is 0. The Labute approximate surface area is 219 Å². The zero-order valence-electron chi connectivity index (χ0n) is 24.2. The first kappa shape index (κ1) is 32.0. The van der Waals surface area contributed by atoms with E-state index in [0.29, 0.717) is 0 Å². The first-order valence-electron chi connectivity index (χ1n) is 12.2. The number of rotatable bonds is 2. The molecule has 0 bridgehead atoms. The van der Waals surface area contributed by atoms with Crippen LogP contribution in [0.15, 0.2) is 0 Å². The van der Waals surface area contributed by atoms with Crippen molar-refractivity contribution in [3.63, 3.8) is 0 Å². The zero-order chi connectivity index (χ0) is 29.1. The summed E-state index contributed by atoms with van der Waals surface area (Å²) in [6.07, 6.45) is -2.74. The number of guanidine groups is 1. The Bertz CT molecular complexity index is 854. The number of hydrogen-bond acceptors (Lipinski definition) is 9. The monoisotopic (exact) mass is 528 g/mol. The molecular formula is C25H44N4O8. The van der Waals surface area contributed by atoms with E-state index in [2.05, 4.69) is 5.32 Å². The Morgan fingerprint density at radius 3 is 1.65 bits per heavy atom. The minimum atomic E-state index is -1.10. The van der Waals surface area contributed by atoms with Crippen molar-refractivity contribution in [1.82, 2.24) is 15.1 Å². The van der Waals surface area contributed by atoms with Gasteiger partial charge in [-0.25, -0.2) is 24.1 Å².